The molecule has 0 aliphatic heterocycles. The summed E-state index contributed by atoms with van der Waals surface area (Å²) in [6.45, 7) is 1.77. The van der Waals surface area contributed by atoms with E-state index in [2.05, 4.69) is 9.98 Å². The Bertz CT molecular complexity index is 479. The van der Waals surface area contributed by atoms with Gasteiger partial charge in [0, 0.05) is 17.8 Å². The molecule has 1 heterocycles. The van der Waals surface area contributed by atoms with Crippen molar-refractivity contribution in [1.29, 1.82) is 0 Å². The molecule has 1 aromatic heterocycles. The zero-order valence-electron chi connectivity index (χ0n) is 7.94. The van der Waals surface area contributed by atoms with Crippen LogP contribution in [0, 0.1) is 0 Å². The lowest BCUT2D eigenvalue weighted by Gasteiger charge is -2.00. The first kappa shape index (κ1) is 8.69. The predicted octanol–water partition coefficient (Wildman–Crippen LogP) is 2.24. The molecule has 2 aromatic rings. The Labute approximate surface area is 82.3 Å². The number of nitrogens with zero attached hydrogens (tertiary/aromatic N) is 2. The lowest BCUT2D eigenvalue weighted by Crippen LogP contribution is -2.03. The minimum Gasteiger partial charge on any atom is -0.387 e. The molecular formula is C11H11N3. The van der Waals surface area contributed by atoms with Gasteiger partial charge in [0.25, 0.3) is 0 Å². The number of hydrogen-bond acceptors (Lipinski definition) is 2. The molecule has 1 aromatic carbocycles. The van der Waals surface area contributed by atoms with Crippen molar-refractivity contribution in [2.75, 3.05) is 0 Å². The van der Waals surface area contributed by atoms with Crippen LogP contribution in [0.1, 0.15) is 6.92 Å². The van der Waals surface area contributed by atoms with E-state index in [9.17, 15) is 0 Å². The van der Waals surface area contributed by atoms with Gasteiger partial charge in [0.2, 0.25) is 0 Å². The summed E-state index contributed by atoms with van der Waals surface area (Å²) in [6.07, 6.45) is 3.57. The summed E-state index contributed by atoms with van der Waals surface area (Å²) >= 11 is 0. The molecule has 0 spiro atoms. The second-order valence-electron chi connectivity index (χ2n) is 3.13. The van der Waals surface area contributed by atoms with Crippen LogP contribution in [0.25, 0.3) is 10.8 Å². The fourth-order valence-corrected chi connectivity index (χ4v) is 1.38. The van der Waals surface area contributed by atoms with E-state index in [1.165, 1.54) is 0 Å². The maximum absolute atomic E-state index is 5.55. The molecule has 14 heavy (non-hydrogen) atoms. The maximum Gasteiger partial charge on any atom is 0.0965 e. The Kier molecular flexibility index (Phi) is 2.14. The average Bonchev–Trinajstić information content (AvgIpc) is 2.18. The van der Waals surface area contributed by atoms with Gasteiger partial charge in [-0.1, -0.05) is 12.1 Å². The van der Waals surface area contributed by atoms with E-state index in [1.807, 2.05) is 24.3 Å². The molecule has 0 bridgehead atoms. The third-order valence-corrected chi connectivity index (χ3v) is 1.96. The van der Waals surface area contributed by atoms with Gasteiger partial charge in [-0.3, -0.25) is 4.98 Å². The molecule has 0 saturated heterocycles. The van der Waals surface area contributed by atoms with Crippen molar-refractivity contribution in [2.24, 2.45) is 10.7 Å². The highest BCUT2D eigenvalue weighted by Gasteiger charge is 1.98. The van der Waals surface area contributed by atoms with Crippen molar-refractivity contribution in [1.82, 2.24) is 4.98 Å². The average molecular weight is 185 g/mol. The monoisotopic (exact) mass is 185 g/mol. The van der Waals surface area contributed by atoms with E-state index in [1.54, 1.807) is 19.3 Å². The zero-order valence-corrected chi connectivity index (χ0v) is 7.94. The van der Waals surface area contributed by atoms with Crippen LogP contribution in [0.2, 0.25) is 0 Å². The normalized spacial score (nSPS) is 11.9. The van der Waals surface area contributed by atoms with E-state index >= 15 is 0 Å². The summed E-state index contributed by atoms with van der Waals surface area (Å²) in [4.78, 5) is 8.31. The van der Waals surface area contributed by atoms with E-state index in [4.69, 9.17) is 5.73 Å². The van der Waals surface area contributed by atoms with Crippen molar-refractivity contribution >= 4 is 22.3 Å². The molecule has 0 aliphatic carbocycles. The minimum absolute atomic E-state index is 0.557. The topological polar surface area (TPSA) is 51.3 Å². The molecule has 0 fully saturated rings. The second-order valence-corrected chi connectivity index (χ2v) is 3.13. The minimum atomic E-state index is 0.557. The number of aliphatic imine (C=N–C) groups is 1. The molecular weight excluding hydrogens is 174 g/mol. The Morgan fingerprint density at radius 2 is 2.21 bits per heavy atom. The van der Waals surface area contributed by atoms with Crippen molar-refractivity contribution < 1.29 is 0 Å². The highest BCUT2D eigenvalue weighted by Crippen LogP contribution is 2.24. The number of amidine groups is 1. The number of hydrogen-bond donors (Lipinski definition) is 1. The summed E-state index contributed by atoms with van der Waals surface area (Å²) in [5, 5.41) is 2.15. The van der Waals surface area contributed by atoms with Gasteiger partial charge < -0.3 is 5.73 Å². The van der Waals surface area contributed by atoms with Crippen LogP contribution >= 0.6 is 0 Å². The first-order valence-corrected chi connectivity index (χ1v) is 4.41. The first-order valence-electron chi connectivity index (χ1n) is 4.41. The Hall–Kier alpha value is -1.90. The fraction of sp³-hybridized carbons (Fsp3) is 0.0909. The number of pyridine rings is 1. The van der Waals surface area contributed by atoms with E-state index in [0.29, 0.717) is 5.84 Å². The number of benzene rings is 1. The largest absolute Gasteiger partial charge is 0.387 e. The van der Waals surface area contributed by atoms with Crippen LogP contribution in [0.4, 0.5) is 5.69 Å². The van der Waals surface area contributed by atoms with E-state index in [-0.39, 0.29) is 0 Å². The van der Waals surface area contributed by atoms with Gasteiger partial charge >= 0.3 is 0 Å². The lowest BCUT2D eigenvalue weighted by atomic mass is 10.1. The number of aromatic nitrogens is 1. The standard InChI is InChI=1S/C11H11N3/c1-8(12)14-11-4-2-3-9-5-6-13-7-10(9)11/h2-7H,1H3,(H2,12,14). The molecule has 0 aliphatic rings. The van der Waals surface area contributed by atoms with E-state index in [0.717, 1.165) is 16.5 Å². The maximum atomic E-state index is 5.55. The van der Waals surface area contributed by atoms with Crippen molar-refractivity contribution in [3.8, 4) is 0 Å². The number of fused-ring (bicyclic) bond motifs is 1. The quantitative estimate of drug-likeness (QED) is 0.547. The van der Waals surface area contributed by atoms with Crippen LogP contribution in [0.5, 0.6) is 0 Å². The van der Waals surface area contributed by atoms with Crippen LogP contribution in [-0.4, -0.2) is 10.8 Å². The van der Waals surface area contributed by atoms with Crippen LogP contribution in [-0.2, 0) is 0 Å². The van der Waals surface area contributed by atoms with Crippen molar-refractivity contribution in [3.05, 3.63) is 36.7 Å². The molecule has 3 heteroatoms. The van der Waals surface area contributed by atoms with Gasteiger partial charge in [-0.15, -0.1) is 0 Å². The molecule has 0 saturated carbocycles. The van der Waals surface area contributed by atoms with Crippen LogP contribution < -0.4 is 5.73 Å². The number of nitrogens with two attached hydrogens (primary N) is 1. The summed E-state index contributed by atoms with van der Waals surface area (Å²) < 4.78 is 0. The van der Waals surface area contributed by atoms with Gasteiger partial charge in [-0.05, 0) is 24.4 Å². The van der Waals surface area contributed by atoms with Gasteiger partial charge in [0.1, 0.15) is 0 Å². The van der Waals surface area contributed by atoms with Gasteiger partial charge in [0.05, 0.1) is 11.5 Å². The fourth-order valence-electron chi connectivity index (χ4n) is 1.38. The summed E-state index contributed by atoms with van der Waals surface area (Å²) in [7, 11) is 0. The third kappa shape index (κ3) is 1.57. The van der Waals surface area contributed by atoms with Crippen molar-refractivity contribution in [2.45, 2.75) is 6.92 Å². The third-order valence-electron chi connectivity index (χ3n) is 1.96. The highest BCUT2D eigenvalue weighted by molar-refractivity contribution is 5.94. The SMILES string of the molecule is CC(N)=Nc1cccc2ccncc12. The Morgan fingerprint density at radius 1 is 1.36 bits per heavy atom. The lowest BCUT2D eigenvalue weighted by molar-refractivity contribution is 1.36. The molecule has 2 N–H and O–H groups in total. The van der Waals surface area contributed by atoms with Crippen LogP contribution in [0.3, 0.4) is 0 Å². The Balaban J connectivity index is 2.71. The van der Waals surface area contributed by atoms with Crippen molar-refractivity contribution in [3.63, 3.8) is 0 Å². The molecule has 0 atom stereocenters. The summed E-state index contributed by atoms with van der Waals surface area (Å²) in [5.74, 6) is 0.557. The van der Waals surface area contributed by atoms with Gasteiger partial charge in [0.15, 0.2) is 0 Å². The first-order chi connectivity index (χ1) is 6.77. The smallest absolute Gasteiger partial charge is 0.0965 e. The molecule has 0 radical (unpaired) electrons. The van der Waals surface area contributed by atoms with E-state index < -0.39 is 0 Å². The Morgan fingerprint density at radius 3 is 3.00 bits per heavy atom. The van der Waals surface area contributed by atoms with Crippen LogP contribution in [0.15, 0.2) is 41.7 Å². The number of rotatable bonds is 1. The molecule has 0 unspecified atom stereocenters. The summed E-state index contributed by atoms with van der Waals surface area (Å²) in [6, 6.07) is 7.88. The summed E-state index contributed by atoms with van der Waals surface area (Å²) in [5.41, 5.74) is 6.42. The van der Waals surface area contributed by atoms with Gasteiger partial charge in [-0.25, -0.2) is 4.99 Å². The molecule has 0 amide bonds. The molecule has 2 rings (SSSR count). The molecule has 3 nitrogen and oxygen atoms in total. The predicted molar refractivity (Wildman–Crippen MR) is 58.7 cm³/mol. The second kappa shape index (κ2) is 3.46. The highest BCUT2D eigenvalue weighted by atomic mass is 14.8. The molecule has 70 valence electrons. The van der Waals surface area contributed by atoms with Gasteiger partial charge in [-0.2, -0.15) is 0 Å². The zero-order chi connectivity index (χ0) is 9.97.